The molecule has 0 saturated heterocycles. The Morgan fingerprint density at radius 1 is 1.14 bits per heavy atom. The highest BCUT2D eigenvalue weighted by Gasteiger charge is 2.35. The number of ether oxygens (including phenoxy) is 1. The minimum absolute atomic E-state index is 0.140. The fraction of sp³-hybridized carbons (Fsp3) is 0.333. The third kappa shape index (κ3) is 5.06. The van der Waals surface area contributed by atoms with Gasteiger partial charge in [-0.25, -0.2) is 4.98 Å². The molecule has 0 aliphatic carbocycles. The Bertz CT molecular complexity index is 942. The number of rotatable bonds is 8. The molecular weight excluding hydrogens is 399 g/mol. The maximum Gasteiger partial charge on any atom is 0.419 e. The van der Waals surface area contributed by atoms with Crippen LogP contribution in [0.15, 0.2) is 42.7 Å². The number of nitrogens with one attached hydrogen (secondary N) is 1. The van der Waals surface area contributed by atoms with E-state index >= 15 is 0 Å². The van der Waals surface area contributed by atoms with Crippen LogP contribution in [-0.2, 0) is 6.18 Å². The van der Waals surface area contributed by atoms with Crippen molar-refractivity contribution in [1.29, 1.82) is 0 Å². The minimum Gasteiger partial charge on any atom is -0.493 e. The van der Waals surface area contributed by atoms with Crippen molar-refractivity contribution in [3.8, 4) is 27.4 Å². The van der Waals surface area contributed by atoms with Crippen LogP contribution in [0.5, 0.6) is 5.75 Å². The molecule has 3 rings (SSSR count). The number of hydrogen-bond donors (Lipinski definition) is 1. The molecule has 154 valence electrons. The predicted octanol–water partition coefficient (Wildman–Crippen LogP) is 6.50. The van der Waals surface area contributed by atoms with Crippen molar-refractivity contribution in [2.75, 3.05) is 19.0 Å². The average Bonchev–Trinajstić information content (AvgIpc) is 3.16. The fourth-order valence-corrected chi connectivity index (χ4v) is 3.81. The molecular formula is C21H22F3N3OS. The van der Waals surface area contributed by atoms with Gasteiger partial charge < -0.3 is 10.1 Å². The molecule has 0 aliphatic rings. The van der Waals surface area contributed by atoms with Gasteiger partial charge in [0.25, 0.3) is 0 Å². The third-order valence-corrected chi connectivity index (χ3v) is 5.45. The molecule has 1 N–H and O–H groups in total. The van der Waals surface area contributed by atoms with E-state index in [-0.39, 0.29) is 12.4 Å². The molecule has 2 aromatic heterocycles. The van der Waals surface area contributed by atoms with Gasteiger partial charge in [-0.05, 0) is 42.3 Å². The van der Waals surface area contributed by atoms with Crippen LogP contribution in [0.4, 0.5) is 18.3 Å². The molecule has 0 atom stereocenters. The molecule has 3 aromatic rings. The van der Waals surface area contributed by atoms with Gasteiger partial charge in [-0.1, -0.05) is 31.1 Å². The lowest BCUT2D eigenvalue weighted by atomic mass is 10.0. The van der Waals surface area contributed by atoms with Gasteiger partial charge in [0.2, 0.25) is 0 Å². The second-order valence-corrected chi connectivity index (χ2v) is 7.45. The van der Waals surface area contributed by atoms with Gasteiger partial charge in [-0.3, -0.25) is 4.98 Å². The minimum atomic E-state index is -4.51. The van der Waals surface area contributed by atoms with Crippen molar-refractivity contribution < 1.29 is 17.9 Å². The first-order chi connectivity index (χ1) is 13.9. The van der Waals surface area contributed by atoms with Gasteiger partial charge in [-0.2, -0.15) is 13.2 Å². The van der Waals surface area contributed by atoms with E-state index in [0.717, 1.165) is 30.9 Å². The van der Waals surface area contributed by atoms with Crippen LogP contribution >= 0.6 is 11.3 Å². The Morgan fingerprint density at radius 2 is 1.97 bits per heavy atom. The maximum absolute atomic E-state index is 13.7. The van der Waals surface area contributed by atoms with Gasteiger partial charge in [0.05, 0.1) is 22.7 Å². The lowest BCUT2D eigenvalue weighted by molar-refractivity contribution is -0.138. The van der Waals surface area contributed by atoms with E-state index in [1.54, 1.807) is 31.6 Å². The van der Waals surface area contributed by atoms with Gasteiger partial charge in [0.15, 0.2) is 5.13 Å². The van der Waals surface area contributed by atoms with Crippen LogP contribution in [0.3, 0.4) is 0 Å². The number of anilines is 1. The first-order valence-corrected chi connectivity index (χ1v) is 10.2. The Labute approximate surface area is 171 Å². The summed E-state index contributed by atoms with van der Waals surface area (Å²) in [4.78, 5) is 9.25. The van der Waals surface area contributed by atoms with E-state index < -0.39 is 11.7 Å². The zero-order valence-electron chi connectivity index (χ0n) is 16.2. The Hall–Kier alpha value is -2.61. The van der Waals surface area contributed by atoms with Crippen LogP contribution in [0.2, 0.25) is 0 Å². The van der Waals surface area contributed by atoms with Crippen molar-refractivity contribution in [1.82, 2.24) is 9.97 Å². The van der Waals surface area contributed by atoms with Gasteiger partial charge in [0, 0.05) is 25.0 Å². The van der Waals surface area contributed by atoms with E-state index in [4.69, 9.17) is 4.74 Å². The standard InChI is InChI=1S/C21H22F3N3OS/c1-3-4-5-11-28-17-9-8-14(12-16(17)21(22,23)24)19-18(27-20(25-2)29-19)15-7-6-10-26-13-15/h6-10,12-13H,3-5,11H2,1-2H3,(H,25,27). The highest BCUT2D eigenvalue weighted by molar-refractivity contribution is 7.19. The first kappa shape index (κ1) is 21.1. The van der Waals surface area contributed by atoms with Crippen molar-refractivity contribution >= 4 is 16.5 Å². The normalized spacial score (nSPS) is 11.5. The Kier molecular flexibility index (Phi) is 6.74. The summed E-state index contributed by atoms with van der Waals surface area (Å²) in [6, 6.07) is 7.79. The predicted molar refractivity (Wildman–Crippen MR) is 110 cm³/mol. The van der Waals surface area contributed by atoms with E-state index in [0.29, 0.717) is 21.3 Å². The topological polar surface area (TPSA) is 47.0 Å². The van der Waals surface area contributed by atoms with Crippen LogP contribution in [0, 0.1) is 0 Å². The summed E-state index contributed by atoms with van der Waals surface area (Å²) in [7, 11) is 1.73. The Balaban J connectivity index is 2.02. The van der Waals surface area contributed by atoms with E-state index in [9.17, 15) is 13.2 Å². The summed E-state index contributed by atoms with van der Waals surface area (Å²) in [5.74, 6) is -0.140. The lowest BCUT2D eigenvalue weighted by Gasteiger charge is -2.15. The zero-order valence-corrected chi connectivity index (χ0v) is 17.0. The van der Waals surface area contributed by atoms with Gasteiger partial charge >= 0.3 is 6.18 Å². The quantitative estimate of drug-likeness (QED) is 0.422. The van der Waals surface area contributed by atoms with Crippen LogP contribution in [0.25, 0.3) is 21.7 Å². The molecule has 0 bridgehead atoms. The number of pyridine rings is 1. The van der Waals surface area contributed by atoms with Crippen LogP contribution < -0.4 is 10.1 Å². The molecule has 0 spiro atoms. The molecule has 0 fully saturated rings. The molecule has 0 amide bonds. The number of aromatic nitrogens is 2. The fourth-order valence-electron chi connectivity index (χ4n) is 2.87. The third-order valence-electron chi connectivity index (χ3n) is 4.33. The molecule has 0 aliphatic heterocycles. The molecule has 0 radical (unpaired) electrons. The number of unbranched alkanes of at least 4 members (excludes halogenated alkanes) is 2. The monoisotopic (exact) mass is 421 g/mol. The number of hydrogen-bond acceptors (Lipinski definition) is 5. The summed E-state index contributed by atoms with van der Waals surface area (Å²) >= 11 is 1.30. The van der Waals surface area contributed by atoms with E-state index in [2.05, 4.69) is 15.3 Å². The van der Waals surface area contributed by atoms with Crippen molar-refractivity contribution in [2.45, 2.75) is 32.4 Å². The van der Waals surface area contributed by atoms with Crippen molar-refractivity contribution in [3.63, 3.8) is 0 Å². The summed E-state index contributed by atoms with van der Waals surface area (Å²) < 4.78 is 46.5. The number of nitrogens with zero attached hydrogens (tertiary/aromatic N) is 2. The van der Waals surface area contributed by atoms with E-state index in [1.165, 1.54) is 17.4 Å². The lowest BCUT2D eigenvalue weighted by Crippen LogP contribution is -2.09. The van der Waals surface area contributed by atoms with Gasteiger partial charge in [-0.15, -0.1) is 0 Å². The molecule has 29 heavy (non-hydrogen) atoms. The Morgan fingerprint density at radius 3 is 2.62 bits per heavy atom. The highest BCUT2D eigenvalue weighted by atomic mass is 32.1. The summed E-state index contributed by atoms with van der Waals surface area (Å²) in [5.41, 5.74) is 1.00. The molecule has 1 aromatic carbocycles. The second-order valence-electron chi connectivity index (χ2n) is 6.45. The molecule has 0 saturated carbocycles. The van der Waals surface area contributed by atoms with Crippen molar-refractivity contribution in [3.05, 3.63) is 48.3 Å². The molecule has 8 heteroatoms. The maximum atomic E-state index is 13.7. The first-order valence-electron chi connectivity index (χ1n) is 9.37. The number of thiazole rings is 1. The second kappa shape index (κ2) is 9.26. The summed E-state index contributed by atoms with van der Waals surface area (Å²) in [6.45, 7) is 2.30. The van der Waals surface area contributed by atoms with E-state index in [1.807, 2.05) is 13.0 Å². The van der Waals surface area contributed by atoms with Crippen LogP contribution in [0.1, 0.15) is 31.7 Å². The largest absolute Gasteiger partial charge is 0.493 e. The molecule has 0 unspecified atom stereocenters. The summed E-state index contributed by atoms with van der Waals surface area (Å²) in [5, 5.41) is 3.58. The SMILES string of the molecule is CCCCCOc1ccc(-c2sc(NC)nc2-c2cccnc2)cc1C(F)(F)F. The van der Waals surface area contributed by atoms with Gasteiger partial charge in [0.1, 0.15) is 5.75 Å². The van der Waals surface area contributed by atoms with Crippen molar-refractivity contribution in [2.24, 2.45) is 0 Å². The number of benzene rings is 1. The smallest absolute Gasteiger partial charge is 0.419 e. The number of halogens is 3. The highest BCUT2D eigenvalue weighted by Crippen LogP contribution is 2.43. The van der Waals surface area contributed by atoms with Crippen LogP contribution in [-0.4, -0.2) is 23.6 Å². The molecule has 4 nitrogen and oxygen atoms in total. The number of alkyl halides is 3. The average molecular weight is 421 g/mol. The summed E-state index contributed by atoms with van der Waals surface area (Å²) in [6.07, 6.45) is 1.39. The zero-order chi connectivity index (χ0) is 20.9. The molecule has 2 heterocycles.